The van der Waals surface area contributed by atoms with Crippen molar-refractivity contribution in [2.75, 3.05) is 7.11 Å². The zero-order valence-corrected chi connectivity index (χ0v) is 9.87. The molecular weight excluding hydrogens is 196 g/mol. The lowest BCUT2D eigenvalue weighted by atomic mass is 9.88. The molecule has 3 rings (SSSR count). The lowest BCUT2D eigenvalue weighted by Crippen LogP contribution is -2.27. The Hall–Kier alpha value is -1.47. The Labute approximate surface area is 96.0 Å². The summed E-state index contributed by atoms with van der Waals surface area (Å²) in [6, 6.07) is 12.9. The van der Waals surface area contributed by atoms with Gasteiger partial charge in [0, 0.05) is 25.5 Å². The molecule has 2 aromatic rings. The summed E-state index contributed by atoms with van der Waals surface area (Å²) in [6.07, 6.45) is 0. The maximum Gasteiger partial charge on any atom is 0.169 e. The summed E-state index contributed by atoms with van der Waals surface area (Å²) >= 11 is 0. The van der Waals surface area contributed by atoms with Gasteiger partial charge in [-0.1, -0.05) is 6.07 Å². The molecule has 0 spiro atoms. The van der Waals surface area contributed by atoms with Crippen LogP contribution in [0.25, 0.3) is 10.8 Å². The van der Waals surface area contributed by atoms with Crippen molar-refractivity contribution in [3.05, 3.63) is 53.4 Å². The van der Waals surface area contributed by atoms with E-state index in [1.807, 2.05) is 0 Å². The third kappa shape index (κ3) is 0.966. The SMILES string of the molecule is COC1(C)c2cccc3cccc(c23)[C+]1C. The van der Waals surface area contributed by atoms with Gasteiger partial charge in [0.25, 0.3) is 0 Å². The second kappa shape index (κ2) is 3.02. The van der Waals surface area contributed by atoms with Crippen LogP contribution in [0.15, 0.2) is 36.4 Å². The molecule has 1 aliphatic rings. The molecule has 0 bridgehead atoms. The molecule has 0 saturated carbocycles. The van der Waals surface area contributed by atoms with Crippen LogP contribution in [0.4, 0.5) is 0 Å². The minimum atomic E-state index is -0.261. The smallest absolute Gasteiger partial charge is 0.169 e. The van der Waals surface area contributed by atoms with Crippen LogP contribution in [0.5, 0.6) is 0 Å². The fourth-order valence-corrected chi connectivity index (χ4v) is 2.77. The summed E-state index contributed by atoms with van der Waals surface area (Å²) in [5.74, 6) is 1.31. The molecule has 0 heterocycles. The predicted molar refractivity (Wildman–Crippen MR) is 66.3 cm³/mol. The summed E-state index contributed by atoms with van der Waals surface area (Å²) < 4.78 is 5.75. The maximum atomic E-state index is 5.75. The van der Waals surface area contributed by atoms with E-state index < -0.39 is 0 Å². The molecule has 0 radical (unpaired) electrons. The first-order valence-electron chi connectivity index (χ1n) is 5.60. The number of hydrogen-bond donors (Lipinski definition) is 0. The number of hydrogen-bond acceptors (Lipinski definition) is 1. The Kier molecular flexibility index (Phi) is 1.84. The van der Waals surface area contributed by atoms with Crippen molar-refractivity contribution in [3.8, 4) is 0 Å². The Balaban J connectivity index is 2.44. The largest absolute Gasteiger partial charge is 0.356 e. The van der Waals surface area contributed by atoms with Crippen LogP contribution < -0.4 is 0 Å². The number of rotatable bonds is 1. The van der Waals surface area contributed by atoms with Crippen LogP contribution in [0.1, 0.15) is 25.0 Å². The summed E-state index contributed by atoms with van der Waals surface area (Å²) in [6.45, 7) is 4.31. The van der Waals surface area contributed by atoms with Crippen molar-refractivity contribution in [1.29, 1.82) is 0 Å². The van der Waals surface area contributed by atoms with E-state index in [2.05, 4.69) is 50.2 Å². The van der Waals surface area contributed by atoms with Crippen molar-refractivity contribution in [2.45, 2.75) is 19.4 Å². The summed E-state index contributed by atoms with van der Waals surface area (Å²) in [4.78, 5) is 0. The van der Waals surface area contributed by atoms with E-state index >= 15 is 0 Å². The molecular formula is C15H15O+. The quantitative estimate of drug-likeness (QED) is 0.654. The predicted octanol–water partition coefficient (Wildman–Crippen LogP) is 3.66. The van der Waals surface area contributed by atoms with Gasteiger partial charge >= 0.3 is 0 Å². The second-order valence-corrected chi connectivity index (χ2v) is 4.57. The Morgan fingerprint density at radius 2 is 1.81 bits per heavy atom. The van der Waals surface area contributed by atoms with Crippen LogP contribution in [0, 0.1) is 5.92 Å². The number of ether oxygens (including phenoxy) is 1. The van der Waals surface area contributed by atoms with Gasteiger partial charge in [-0.3, -0.25) is 0 Å². The molecule has 0 amide bonds. The summed E-state index contributed by atoms with van der Waals surface area (Å²) in [5, 5.41) is 2.65. The number of benzene rings is 2. The van der Waals surface area contributed by atoms with Crippen molar-refractivity contribution in [2.24, 2.45) is 0 Å². The molecule has 0 aromatic heterocycles. The van der Waals surface area contributed by atoms with E-state index in [1.54, 1.807) is 7.11 Å². The molecule has 80 valence electrons. The maximum absolute atomic E-state index is 5.75. The van der Waals surface area contributed by atoms with Crippen molar-refractivity contribution < 1.29 is 4.74 Å². The van der Waals surface area contributed by atoms with Crippen LogP contribution >= 0.6 is 0 Å². The molecule has 1 nitrogen and oxygen atoms in total. The molecule has 0 aliphatic heterocycles. The minimum Gasteiger partial charge on any atom is -0.356 e. The normalized spacial score (nSPS) is 23.1. The fraction of sp³-hybridized carbons (Fsp3) is 0.267. The summed E-state index contributed by atoms with van der Waals surface area (Å²) in [7, 11) is 1.79. The van der Waals surface area contributed by atoms with Crippen LogP contribution in [-0.4, -0.2) is 7.11 Å². The van der Waals surface area contributed by atoms with Crippen molar-refractivity contribution >= 4 is 10.8 Å². The van der Waals surface area contributed by atoms with E-state index in [-0.39, 0.29) is 5.60 Å². The number of methoxy groups -OCH3 is 1. The van der Waals surface area contributed by atoms with E-state index in [9.17, 15) is 0 Å². The van der Waals surface area contributed by atoms with Crippen LogP contribution in [0.2, 0.25) is 0 Å². The van der Waals surface area contributed by atoms with Gasteiger partial charge in [-0.05, 0) is 31.2 Å². The molecule has 1 aliphatic carbocycles. The molecule has 1 unspecified atom stereocenters. The highest BCUT2D eigenvalue weighted by molar-refractivity contribution is 5.95. The van der Waals surface area contributed by atoms with Gasteiger partial charge in [-0.15, -0.1) is 0 Å². The molecule has 2 aromatic carbocycles. The van der Waals surface area contributed by atoms with E-state index in [4.69, 9.17) is 4.74 Å². The zero-order chi connectivity index (χ0) is 11.3. The minimum absolute atomic E-state index is 0.261. The molecule has 1 atom stereocenters. The van der Waals surface area contributed by atoms with Gasteiger partial charge in [0.2, 0.25) is 0 Å². The first-order chi connectivity index (χ1) is 7.68. The van der Waals surface area contributed by atoms with Gasteiger partial charge in [0.15, 0.2) is 5.60 Å². The van der Waals surface area contributed by atoms with Gasteiger partial charge in [-0.25, -0.2) is 0 Å². The van der Waals surface area contributed by atoms with Gasteiger partial charge < -0.3 is 4.74 Å². The zero-order valence-electron chi connectivity index (χ0n) is 9.87. The Bertz CT molecular complexity index is 553. The lowest BCUT2D eigenvalue weighted by molar-refractivity contribution is 0.0246. The first-order valence-corrected chi connectivity index (χ1v) is 5.60. The lowest BCUT2D eigenvalue weighted by Gasteiger charge is -2.24. The third-order valence-corrected chi connectivity index (χ3v) is 3.95. The second-order valence-electron chi connectivity index (χ2n) is 4.57. The standard InChI is InChI=1S/C15H15O/c1-10-12-8-4-6-11-7-5-9-13(14(11)12)15(10,2)16-3/h4-9H,1-3H3/q+1. The molecule has 0 fully saturated rings. The van der Waals surface area contributed by atoms with Crippen molar-refractivity contribution in [1.82, 2.24) is 0 Å². The highest BCUT2D eigenvalue weighted by Crippen LogP contribution is 2.49. The monoisotopic (exact) mass is 211 g/mol. The van der Waals surface area contributed by atoms with Crippen LogP contribution in [0.3, 0.4) is 0 Å². The van der Waals surface area contributed by atoms with Crippen LogP contribution in [-0.2, 0) is 10.3 Å². The average Bonchev–Trinajstić information content (AvgIpc) is 2.55. The van der Waals surface area contributed by atoms with Gasteiger partial charge in [-0.2, -0.15) is 0 Å². The highest BCUT2D eigenvalue weighted by Gasteiger charge is 2.49. The third-order valence-electron chi connectivity index (χ3n) is 3.95. The average molecular weight is 211 g/mol. The van der Waals surface area contributed by atoms with E-state index in [0.717, 1.165) is 0 Å². The fourth-order valence-electron chi connectivity index (χ4n) is 2.77. The molecule has 1 heteroatoms. The Morgan fingerprint density at radius 1 is 1.12 bits per heavy atom. The first kappa shape index (κ1) is 9.73. The van der Waals surface area contributed by atoms with Crippen molar-refractivity contribution in [3.63, 3.8) is 0 Å². The molecule has 16 heavy (non-hydrogen) atoms. The highest BCUT2D eigenvalue weighted by atomic mass is 16.5. The topological polar surface area (TPSA) is 9.23 Å². The van der Waals surface area contributed by atoms with Gasteiger partial charge in [0.05, 0.1) is 16.9 Å². The molecule has 0 saturated heterocycles. The summed E-state index contributed by atoms with van der Waals surface area (Å²) in [5.41, 5.74) is 2.36. The van der Waals surface area contributed by atoms with E-state index in [0.29, 0.717) is 0 Å². The molecule has 0 N–H and O–H groups in total. The van der Waals surface area contributed by atoms with E-state index in [1.165, 1.54) is 27.8 Å². The van der Waals surface area contributed by atoms with Gasteiger partial charge in [0.1, 0.15) is 5.56 Å². The Morgan fingerprint density at radius 3 is 2.50 bits per heavy atom.